The predicted octanol–water partition coefficient (Wildman–Crippen LogP) is 3.57. The van der Waals surface area contributed by atoms with Crippen LogP contribution in [-0.4, -0.2) is 85.3 Å². The topological polar surface area (TPSA) is 56.2 Å². The zero-order valence-electron chi connectivity index (χ0n) is 16.8. The minimum Gasteiger partial charge on any atom is -0.465 e. The molecule has 1 aromatic rings. The molecule has 0 radical (unpaired) electrons. The van der Waals surface area contributed by atoms with E-state index in [4.69, 9.17) is 4.74 Å². The number of ether oxygens (including phenoxy) is 1. The van der Waals surface area contributed by atoms with Crippen LogP contribution in [0.5, 0.6) is 0 Å². The lowest BCUT2D eigenvalue weighted by atomic mass is 9.94. The van der Waals surface area contributed by atoms with E-state index in [2.05, 4.69) is 0 Å². The van der Waals surface area contributed by atoms with Gasteiger partial charge in [0, 0.05) is 39.3 Å². The molecule has 180 valence electrons. The molecule has 0 saturated carbocycles. The van der Waals surface area contributed by atoms with Gasteiger partial charge in [-0.1, -0.05) is 12.1 Å². The molecule has 2 saturated heterocycles. The Labute approximate surface area is 179 Å². The number of rotatable bonds is 4. The van der Waals surface area contributed by atoms with Crippen LogP contribution in [0.1, 0.15) is 5.56 Å². The first-order chi connectivity index (χ1) is 14.9. The van der Waals surface area contributed by atoms with Gasteiger partial charge in [-0.05, 0) is 11.6 Å². The third-order valence-corrected chi connectivity index (χ3v) is 5.63. The molecular formula is C19H22F7N3O3. The molecule has 1 N–H and O–H groups in total. The number of halogens is 7. The summed E-state index contributed by atoms with van der Waals surface area (Å²) >= 11 is 0. The number of hydrogen-bond donors (Lipinski definition) is 1. The molecule has 2 aliphatic rings. The van der Waals surface area contributed by atoms with E-state index in [1.54, 1.807) is 11.0 Å². The normalized spacial score (nSPS) is 21.3. The number of piperazine rings is 1. The minimum atomic E-state index is -5.68. The van der Waals surface area contributed by atoms with Crippen molar-refractivity contribution in [1.82, 2.24) is 9.80 Å². The summed E-state index contributed by atoms with van der Waals surface area (Å²) in [5.74, 6) is -4.39. The predicted molar refractivity (Wildman–Crippen MR) is 98.8 cm³/mol. The highest BCUT2D eigenvalue weighted by atomic mass is 19.4. The molecule has 1 atom stereocenters. The van der Waals surface area contributed by atoms with E-state index in [9.17, 15) is 40.6 Å². The molecule has 0 spiro atoms. The van der Waals surface area contributed by atoms with E-state index in [0.717, 1.165) is 0 Å². The van der Waals surface area contributed by atoms with Gasteiger partial charge in [0.05, 0.1) is 24.9 Å². The zero-order chi connectivity index (χ0) is 23.7. The molecular weight excluding hydrogens is 451 g/mol. The van der Waals surface area contributed by atoms with Crippen molar-refractivity contribution in [3.63, 3.8) is 0 Å². The van der Waals surface area contributed by atoms with Crippen LogP contribution in [0.4, 0.5) is 41.2 Å². The quantitative estimate of drug-likeness (QED) is 0.678. The van der Waals surface area contributed by atoms with Gasteiger partial charge in [-0.15, -0.1) is 0 Å². The Morgan fingerprint density at radius 1 is 1.06 bits per heavy atom. The molecule has 0 bridgehead atoms. The van der Waals surface area contributed by atoms with Crippen molar-refractivity contribution in [2.75, 3.05) is 50.8 Å². The first-order valence-electron chi connectivity index (χ1n) is 9.85. The largest absolute Gasteiger partial charge is 0.465 e. The molecule has 3 rings (SSSR count). The lowest BCUT2D eigenvalue weighted by Crippen LogP contribution is -2.62. The van der Waals surface area contributed by atoms with Crippen LogP contribution in [0.3, 0.4) is 0 Å². The Kier molecular flexibility index (Phi) is 7.08. The summed E-state index contributed by atoms with van der Waals surface area (Å²) in [6, 6.07) is 1.82. The van der Waals surface area contributed by atoms with E-state index in [0.29, 0.717) is 31.9 Å². The summed E-state index contributed by atoms with van der Waals surface area (Å²) in [7, 11) is 0. The molecule has 2 fully saturated rings. The third kappa shape index (κ3) is 5.37. The highest BCUT2D eigenvalue weighted by Gasteiger charge is 2.62. The molecule has 1 amide bonds. The minimum absolute atomic E-state index is 0.0930. The Morgan fingerprint density at radius 2 is 1.69 bits per heavy atom. The molecule has 0 aromatic heterocycles. The molecule has 2 heterocycles. The van der Waals surface area contributed by atoms with Crippen LogP contribution in [0.15, 0.2) is 18.2 Å². The number of alkyl halides is 6. The fraction of sp³-hybridized carbons (Fsp3) is 0.632. The molecule has 13 heteroatoms. The van der Waals surface area contributed by atoms with Gasteiger partial charge in [0.1, 0.15) is 5.82 Å². The summed E-state index contributed by atoms with van der Waals surface area (Å²) in [6.45, 7) is -0.0832. The SMILES string of the molecule is O=C(O)N1CCN(Cc2cccc(F)c2N2CCOCC2)CC1C(C(F)(F)F)C(F)(F)F. The highest BCUT2D eigenvalue weighted by molar-refractivity contribution is 5.65. The molecule has 32 heavy (non-hydrogen) atoms. The van der Waals surface area contributed by atoms with E-state index >= 15 is 0 Å². The molecule has 2 aliphatic heterocycles. The monoisotopic (exact) mass is 473 g/mol. The second-order valence-electron chi connectivity index (χ2n) is 7.69. The fourth-order valence-corrected chi connectivity index (χ4v) is 4.23. The number of nitrogens with zero attached hydrogens (tertiary/aromatic N) is 3. The van der Waals surface area contributed by atoms with Crippen LogP contribution < -0.4 is 4.90 Å². The number of amides is 1. The van der Waals surface area contributed by atoms with Crippen LogP contribution in [0.25, 0.3) is 0 Å². The van der Waals surface area contributed by atoms with E-state index < -0.39 is 49.3 Å². The average Bonchev–Trinajstić information content (AvgIpc) is 2.66. The molecule has 1 unspecified atom stereocenters. The average molecular weight is 473 g/mol. The Bertz CT molecular complexity index is 798. The molecule has 1 aromatic carbocycles. The Morgan fingerprint density at radius 3 is 2.25 bits per heavy atom. The van der Waals surface area contributed by atoms with Crippen LogP contribution in [-0.2, 0) is 11.3 Å². The van der Waals surface area contributed by atoms with Crippen molar-refractivity contribution in [3.05, 3.63) is 29.6 Å². The van der Waals surface area contributed by atoms with E-state index in [1.807, 2.05) is 0 Å². The van der Waals surface area contributed by atoms with Crippen LogP contribution in [0, 0.1) is 11.7 Å². The van der Waals surface area contributed by atoms with Gasteiger partial charge in [-0.2, -0.15) is 26.3 Å². The second kappa shape index (κ2) is 9.30. The highest BCUT2D eigenvalue weighted by Crippen LogP contribution is 2.44. The Balaban J connectivity index is 1.88. The summed E-state index contributed by atoms with van der Waals surface area (Å²) in [5.41, 5.74) is 0.612. The number of hydrogen-bond acceptors (Lipinski definition) is 4. The maximum Gasteiger partial charge on any atom is 0.407 e. The fourth-order valence-electron chi connectivity index (χ4n) is 4.23. The van der Waals surface area contributed by atoms with Crippen molar-refractivity contribution in [2.24, 2.45) is 5.92 Å². The Hall–Kier alpha value is -2.28. The van der Waals surface area contributed by atoms with E-state index in [-0.39, 0.29) is 23.7 Å². The van der Waals surface area contributed by atoms with Crippen molar-refractivity contribution < 1.29 is 45.4 Å². The summed E-state index contributed by atoms with van der Waals surface area (Å²) in [4.78, 5) is 14.6. The summed E-state index contributed by atoms with van der Waals surface area (Å²) in [6.07, 6.45) is -13.2. The number of benzene rings is 1. The molecule has 6 nitrogen and oxygen atoms in total. The van der Waals surface area contributed by atoms with Gasteiger partial charge in [-0.3, -0.25) is 4.90 Å². The van der Waals surface area contributed by atoms with Gasteiger partial charge in [0.2, 0.25) is 0 Å². The van der Waals surface area contributed by atoms with Gasteiger partial charge >= 0.3 is 18.4 Å². The lowest BCUT2D eigenvalue weighted by Gasteiger charge is -2.44. The maximum atomic E-state index is 14.6. The van der Waals surface area contributed by atoms with Crippen molar-refractivity contribution in [2.45, 2.75) is 24.9 Å². The number of carboxylic acid groups (broad SMARTS) is 1. The van der Waals surface area contributed by atoms with Crippen molar-refractivity contribution in [3.8, 4) is 0 Å². The van der Waals surface area contributed by atoms with Crippen LogP contribution in [0.2, 0.25) is 0 Å². The summed E-state index contributed by atoms with van der Waals surface area (Å²) in [5, 5.41) is 9.22. The first-order valence-corrected chi connectivity index (χ1v) is 9.85. The van der Waals surface area contributed by atoms with Crippen molar-refractivity contribution in [1.29, 1.82) is 0 Å². The number of morpholine rings is 1. The molecule has 0 aliphatic carbocycles. The third-order valence-electron chi connectivity index (χ3n) is 5.63. The number of anilines is 1. The smallest absolute Gasteiger partial charge is 0.407 e. The number of carbonyl (C=O) groups is 1. The van der Waals surface area contributed by atoms with Gasteiger partial charge < -0.3 is 19.6 Å². The van der Waals surface area contributed by atoms with Gasteiger partial charge in [-0.25, -0.2) is 9.18 Å². The van der Waals surface area contributed by atoms with Gasteiger partial charge in [0.25, 0.3) is 0 Å². The van der Waals surface area contributed by atoms with E-state index in [1.165, 1.54) is 17.0 Å². The van der Waals surface area contributed by atoms with Crippen LogP contribution >= 0.6 is 0 Å². The standard InChI is InChI=1S/C19H22F7N3O3/c20-13-3-1-2-12(15(13)28-6-8-32-9-7-28)10-27-4-5-29(17(30)31)14(11-27)16(18(21,22)23)19(24,25)26/h1-3,14,16H,4-11H2,(H,30,31). The van der Waals surface area contributed by atoms with Gasteiger partial charge in [0.15, 0.2) is 5.92 Å². The zero-order valence-corrected chi connectivity index (χ0v) is 16.8. The first kappa shape index (κ1) is 24.4. The van der Waals surface area contributed by atoms with Crippen molar-refractivity contribution >= 4 is 11.8 Å². The number of para-hydroxylation sites is 1. The lowest BCUT2D eigenvalue weighted by molar-refractivity contribution is -0.300. The maximum absolute atomic E-state index is 14.6. The summed E-state index contributed by atoms with van der Waals surface area (Å²) < 4.78 is 99.8. The second-order valence-corrected chi connectivity index (χ2v) is 7.69.